The molecule has 0 amide bonds. The Hall–Kier alpha value is -2.04. The molecule has 0 saturated heterocycles. The minimum atomic E-state index is -0.590. The molecule has 1 aliphatic rings. The van der Waals surface area contributed by atoms with Gasteiger partial charge in [0.05, 0.1) is 19.8 Å². The minimum absolute atomic E-state index is 0.362. The van der Waals surface area contributed by atoms with E-state index in [-0.39, 0.29) is 0 Å². The zero-order valence-electron chi connectivity index (χ0n) is 13.4. The molecule has 0 saturated carbocycles. The van der Waals surface area contributed by atoms with Gasteiger partial charge in [-0.25, -0.2) is 0 Å². The molecule has 0 aliphatic heterocycles. The quantitative estimate of drug-likeness (QED) is 0.534. The summed E-state index contributed by atoms with van der Waals surface area (Å²) in [7, 11) is 3.27. The molecule has 0 fully saturated rings. The lowest BCUT2D eigenvalue weighted by atomic mass is 9.85. The van der Waals surface area contributed by atoms with Gasteiger partial charge in [-0.15, -0.1) is 0 Å². The van der Waals surface area contributed by atoms with Crippen LogP contribution in [0.15, 0.2) is 72.3 Å². The molecule has 1 aliphatic carbocycles. The normalized spacial score (nSPS) is 18.3. The average Bonchev–Trinajstić information content (AvgIpc) is 2.79. The van der Waals surface area contributed by atoms with Gasteiger partial charge in [0, 0.05) is 6.54 Å². The fraction of sp³-hybridized carbons (Fsp3) is 0.333. The Labute approximate surface area is 133 Å². The highest BCUT2D eigenvalue weighted by atomic mass is 16.5. The lowest BCUT2D eigenvalue weighted by Gasteiger charge is -2.29. The summed E-state index contributed by atoms with van der Waals surface area (Å²) < 4.78 is 10.4. The average molecular weight is 302 g/mol. The van der Waals surface area contributed by atoms with Crippen molar-refractivity contribution in [2.24, 2.45) is 11.5 Å². The Morgan fingerprint density at radius 3 is 2.77 bits per heavy atom. The van der Waals surface area contributed by atoms with Gasteiger partial charge in [-0.2, -0.15) is 0 Å². The first-order chi connectivity index (χ1) is 10.6. The number of methoxy groups -OCH3 is 2. The number of nitrogens with two attached hydrogens (primary N) is 2. The summed E-state index contributed by atoms with van der Waals surface area (Å²) in [5.74, 6) is 1.53. The molecule has 0 aromatic heterocycles. The molecule has 120 valence electrons. The van der Waals surface area contributed by atoms with Crippen LogP contribution in [0, 0.1) is 0 Å². The topological polar surface area (TPSA) is 70.5 Å². The van der Waals surface area contributed by atoms with E-state index in [0.717, 1.165) is 23.5 Å². The number of rotatable bonds is 8. The van der Waals surface area contributed by atoms with E-state index >= 15 is 0 Å². The molecule has 1 unspecified atom stereocenters. The van der Waals surface area contributed by atoms with Crippen molar-refractivity contribution in [2.75, 3.05) is 20.8 Å². The maximum Gasteiger partial charge on any atom is 0.118 e. The van der Waals surface area contributed by atoms with Crippen LogP contribution < -0.4 is 11.5 Å². The molecule has 1 rings (SSSR count). The van der Waals surface area contributed by atoms with E-state index in [1.165, 1.54) is 0 Å². The van der Waals surface area contributed by atoms with Gasteiger partial charge < -0.3 is 20.9 Å². The van der Waals surface area contributed by atoms with Gasteiger partial charge in [0.25, 0.3) is 0 Å². The van der Waals surface area contributed by atoms with Gasteiger partial charge in [0.1, 0.15) is 11.5 Å². The summed E-state index contributed by atoms with van der Waals surface area (Å²) in [6.07, 6.45) is 16.6. The summed E-state index contributed by atoms with van der Waals surface area (Å²) in [4.78, 5) is 0. The molecule has 1 atom stereocenters. The van der Waals surface area contributed by atoms with E-state index in [0.29, 0.717) is 13.0 Å². The second-order valence-corrected chi connectivity index (χ2v) is 5.05. The van der Waals surface area contributed by atoms with Crippen LogP contribution in [0.2, 0.25) is 0 Å². The van der Waals surface area contributed by atoms with Crippen LogP contribution in [-0.2, 0) is 9.47 Å². The molecule has 0 bridgehead atoms. The zero-order valence-corrected chi connectivity index (χ0v) is 13.4. The van der Waals surface area contributed by atoms with E-state index in [1.807, 2.05) is 36.5 Å². The third-order valence-corrected chi connectivity index (χ3v) is 3.59. The van der Waals surface area contributed by atoms with Crippen LogP contribution in [0.1, 0.15) is 12.8 Å². The molecule has 0 radical (unpaired) electrons. The van der Waals surface area contributed by atoms with Crippen molar-refractivity contribution in [1.82, 2.24) is 0 Å². The highest BCUT2D eigenvalue weighted by molar-refractivity contribution is 5.34. The van der Waals surface area contributed by atoms with Crippen LogP contribution in [0.4, 0.5) is 0 Å². The number of ether oxygens (including phenoxy) is 2. The highest BCUT2D eigenvalue weighted by Gasteiger charge is 2.26. The van der Waals surface area contributed by atoms with Crippen molar-refractivity contribution >= 4 is 0 Å². The summed E-state index contributed by atoms with van der Waals surface area (Å²) >= 11 is 0. The van der Waals surface area contributed by atoms with Gasteiger partial charge in [-0.3, -0.25) is 0 Å². The Morgan fingerprint density at radius 1 is 1.41 bits per heavy atom. The number of hydrogen-bond acceptors (Lipinski definition) is 4. The second-order valence-electron chi connectivity index (χ2n) is 5.05. The number of hydrogen-bond donors (Lipinski definition) is 2. The predicted octanol–water partition coefficient (Wildman–Crippen LogP) is 2.72. The van der Waals surface area contributed by atoms with Crippen molar-refractivity contribution in [3.8, 4) is 0 Å². The molecule has 4 heteroatoms. The van der Waals surface area contributed by atoms with Crippen molar-refractivity contribution in [3.05, 3.63) is 72.3 Å². The smallest absolute Gasteiger partial charge is 0.118 e. The van der Waals surface area contributed by atoms with Gasteiger partial charge in [0.15, 0.2) is 0 Å². The Kier molecular flexibility index (Phi) is 7.43. The van der Waals surface area contributed by atoms with Gasteiger partial charge in [-0.05, 0) is 42.7 Å². The highest BCUT2D eigenvalue weighted by Crippen LogP contribution is 2.24. The summed E-state index contributed by atoms with van der Waals surface area (Å²) in [5.41, 5.74) is 12.9. The fourth-order valence-electron chi connectivity index (χ4n) is 2.15. The van der Waals surface area contributed by atoms with Crippen molar-refractivity contribution in [2.45, 2.75) is 18.4 Å². The van der Waals surface area contributed by atoms with Crippen molar-refractivity contribution in [1.29, 1.82) is 0 Å². The van der Waals surface area contributed by atoms with Crippen LogP contribution in [0.25, 0.3) is 0 Å². The maximum absolute atomic E-state index is 6.50. The molecule has 4 N–H and O–H groups in total. The van der Waals surface area contributed by atoms with E-state index < -0.39 is 5.54 Å². The largest absolute Gasteiger partial charge is 0.497 e. The van der Waals surface area contributed by atoms with Gasteiger partial charge in [0.2, 0.25) is 0 Å². The Morgan fingerprint density at radius 2 is 2.18 bits per heavy atom. The molecule has 0 aromatic carbocycles. The first-order valence-corrected chi connectivity index (χ1v) is 7.23. The third kappa shape index (κ3) is 5.06. The Balaban J connectivity index is 2.88. The minimum Gasteiger partial charge on any atom is -0.497 e. The predicted molar refractivity (Wildman–Crippen MR) is 92.0 cm³/mol. The third-order valence-electron chi connectivity index (χ3n) is 3.59. The maximum atomic E-state index is 6.50. The van der Waals surface area contributed by atoms with E-state index in [9.17, 15) is 0 Å². The van der Waals surface area contributed by atoms with E-state index in [2.05, 4.69) is 6.58 Å². The standard InChI is InChI=1S/C18H26N2O2/c1-4-7-16(21-2)10-6-13-18(20,14-19)15-8-5-9-17(22-3)12-11-15/h4-7,9-12H,1,8,13-14,19-20H2,2-3H3/b10-6-,16-7+. The Bertz CT molecular complexity index is 527. The number of allylic oxidation sites excluding steroid dienone is 7. The van der Waals surface area contributed by atoms with Crippen LogP contribution in [0.5, 0.6) is 0 Å². The van der Waals surface area contributed by atoms with Gasteiger partial charge in [-0.1, -0.05) is 30.9 Å². The summed E-state index contributed by atoms with van der Waals surface area (Å²) in [6, 6.07) is 0. The van der Waals surface area contributed by atoms with Crippen LogP contribution in [-0.4, -0.2) is 26.3 Å². The zero-order chi connectivity index (χ0) is 16.4. The first-order valence-electron chi connectivity index (χ1n) is 7.23. The SMILES string of the molecule is C=C/C=C(\C=C/CC(N)(CN)C1=CC=C(OC)C=CC1)OC. The molecule has 4 nitrogen and oxygen atoms in total. The fourth-order valence-corrected chi connectivity index (χ4v) is 2.15. The molecular formula is C18H26N2O2. The lowest BCUT2D eigenvalue weighted by molar-refractivity contribution is 0.306. The van der Waals surface area contributed by atoms with Crippen molar-refractivity contribution < 1.29 is 9.47 Å². The molecule has 0 aromatic rings. The monoisotopic (exact) mass is 302 g/mol. The summed E-state index contributed by atoms with van der Waals surface area (Å²) in [6.45, 7) is 4.01. The lowest BCUT2D eigenvalue weighted by Crippen LogP contribution is -2.48. The van der Waals surface area contributed by atoms with Gasteiger partial charge >= 0.3 is 0 Å². The second kappa shape index (κ2) is 9.07. The molecule has 22 heavy (non-hydrogen) atoms. The van der Waals surface area contributed by atoms with Crippen molar-refractivity contribution in [3.63, 3.8) is 0 Å². The molecular weight excluding hydrogens is 276 g/mol. The van der Waals surface area contributed by atoms with Crippen LogP contribution >= 0.6 is 0 Å². The van der Waals surface area contributed by atoms with E-state index in [4.69, 9.17) is 20.9 Å². The molecule has 0 spiro atoms. The molecule has 0 heterocycles. The first kappa shape index (κ1) is 18.0. The van der Waals surface area contributed by atoms with Crippen LogP contribution in [0.3, 0.4) is 0 Å². The summed E-state index contributed by atoms with van der Waals surface area (Å²) in [5, 5.41) is 0. The van der Waals surface area contributed by atoms with E-state index in [1.54, 1.807) is 26.4 Å².